The average Bonchev–Trinajstić information content (AvgIpc) is 3.12. The summed E-state index contributed by atoms with van der Waals surface area (Å²) >= 11 is 3.28. The first-order valence-corrected chi connectivity index (χ1v) is 10.6. The normalized spacial score (nSPS) is 18.3. The van der Waals surface area contributed by atoms with Gasteiger partial charge in [0.2, 0.25) is 0 Å². The lowest BCUT2D eigenvalue weighted by Gasteiger charge is -2.23. The van der Waals surface area contributed by atoms with Crippen LogP contribution >= 0.6 is 15.9 Å². The highest BCUT2D eigenvalue weighted by atomic mass is 79.9. The molecule has 0 radical (unpaired) electrons. The van der Waals surface area contributed by atoms with Crippen LogP contribution in [0.4, 0.5) is 0 Å². The molecule has 1 aliphatic heterocycles. The Kier molecular flexibility index (Phi) is 6.03. The van der Waals surface area contributed by atoms with Gasteiger partial charge in [-0.25, -0.2) is 12.4 Å². The molecule has 1 fully saturated rings. The fourth-order valence-corrected chi connectivity index (χ4v) is 4.09. The van der Waals surface area contributed by atoms with Crippen molar-refractivity contribution in [3.63, 3.8) is 0 Å². The molecule has 0 aliphatic carbocycles. The minimum atomic E-state index is -3.73. The maximum Gasteiger partial charge on any atom is 0.283 e. The van der Waals surface area contributed by atoms with E-state index in [4.69, 9.17) is 15.2 Å². The van der Waals surface area contributed by atoms with Crippen LogP contribution in [0.3, 0.4) is 0 Å². The van der Waals surface area contributed by atoms with Crippen molar-refractivity contribution in [2.75, 3.05) is 6.61 Å². The summed E-state index contributed by atoms with van der Waals surface area (Å²) in [4.78, 5) is 11.8. The van der Waals surface area contributed by atoms with Crippen molar-refractivity contribution in [1.82, 2.24) is 3.97 Å². The number of hydrogen-bond acceptors (Lipinski definition) is 5. The van der Waals surface area contributed by atoms with Crippen molar-refractivity contribution in [2.24, 2.45) is 5.73 Å². The molecule has 1 aromatic carbocycles. The highest BCUT2D eigenvalue weighted by molar-refractivity contribution is 9.10. The van der Waals surface area contributed by atoms with Crippen molar-refractivity contribution in [1.29, 1.82) is 0 Å². The van der Waals surface area contributed by atoms with E-state index in [9.17, 15) is 13.2 Å². The molecule has 1 atom stereocenters. The molecule has 7 nitrogen and oxygen atoms in total. The fourth-order valence-electron chi connectivity index (χ4n) is 2.62. The molecule has 9 heteroatoms. The van der Waals surface area contributed by atoms with Crippen molar-refractivity contribution in [3.8, 4) is 0 Å². The van der Waals surface area contributed by atoms with E-state index < -0.39 is 22.2 Å². The third kappa shape index (κ3) is 4.79. The zero-order valence-electron chi connectivity index (χ0n) is 14.4. The standard InChI is InChI=1S/C18H19BrN2O5S/c19-14-4-6-15(7-5-14)27(23,24)21-9-8-13(12-21)11-16(18(20)22)26-17-3-1-2-10-25-17/h4-9,11-12,17H,1-3,10H2,(H2,20,22). The number of nitrogens with zero attached hydrogens (tertiary/aromatic N) is 1. The second-order valence-corrected chi connectivity index (χ2v) is 8.78. The molecule has 0 spiro atoms. The Morgan fingerprint density at radius 3 is 2.63 bits per heavy atom. The number of nitrogens with two attached hydrogens (primary N) is 1. The van der Waals surface area contributed by atoms with Gasteiger partial charge in [-0.1, -0.05) is 15.9 Å². The average molecular weight is 455 g/mol. The number of carbonyl (C=O) groups is 1. The van der Waals surface area contributed by atoms with Gasteiger partial charge in [0.15, 0.2) is 12.0 Å². The van der Waals surface area contributed by atoms with Crippen LogP contribution in [-0.4, -0.2) is 31.2 Å². The summed E-state index contributed by atoms with van der Waals surface area (Å²) in [5.74, 6) is -0.812. The first kappa shape index (κ1) is 19.7. The highest BCUT2D eigenvalue weighted by Gasteiger charge is 2.20. The molecular weight excluding hydrogens is 436 g/mol. The van der Waals surface area contributed by atoms with Crippen LogP contribution in [0.5, 0.6) is 0 Å². The highest BCUT2D eigenvalue weighted by Crippen LogP contribution is 2.21. The van der Waals surface area contributed by atoms with Gasteiger partial charge in [-0.3, -0.25) is 4.79 Å². The van der Waals surface area contributed by atoms with E-state index in [0.717, 1.165) is 21.3 Å². The Balaban J connectivity index is 1.83. The molecular formula is C18H19BrN2O5S. The van der Waals surface area contributed by atoms with Gasteiger partial charge in [0.05, 0.1) is 11.5 Å². The van der Waals surface area contributed by atoms with Crippen molar-refractivity contribution >= 4 is 37.9 Å². The monoisotopic (exact) mass is 454 g/mol. The lowest BCUT2D eigenvalue weighted by atomic mass is 10.2. The number of rotatable bonds is 6. The maximum absolute atomic E-state index is 12.7. The Labute approximate surface area is 165 Å². The quantitative estimate of drug-likeness (QED) is 0.534. The van der Waals surface area contributed by atoms with Gasteiger partial charge in [-0.15, -0.1) is 0 Å². The topological polar surface area (TPSA) is 101 Å². The van der Waals surface area contributed by atoms with Crippen LogP contribution in [0.15, 0.2) is 57.9 Å². The summed E-state index contributed by atoms with van der Waals surface area (Å²) in [5, 5.41) is 0. The number of benzene rings is 1. The number of amides is 1. The summed E-state index contributed by atoms with van der Waals surface area (Å²) in [6, 6.07) is 7.88. The molecule has 1 aliphatic rings. The van der Waals surface area contributed by atoms with Crippen molar-refractivity contribution in [2.45, 2.75) is 30.4 Å². The molecule has 1 amide bonds. The Hall–Kier alpha value is -2.10. The first-order valence-electron chi connectivity index (χ1n) is 8.35. The number of aromatic nitrogens is 1. The second-order valence-electron chi connectivity index (χ2n) is 6.02. The van der Waals surface area contributed by atoms with Crippen LogP contribution < -0.4 is 5.73 Å². The summed E-state index contributed by atoms with van der Waals surface area (Å²) < 4.78 is 38.2. The Morgan fingerprint density at radius 2 is 2.00 bits per heavy atom. The number of ether oxygens (including phenoxy) is 2. The molecule has 0 saturated carbocycles. The molecule has 1 aromatic heterocycles. The lowest BCUT2D eigenvalue weighted by Crippen LogP contribution is -2.26. The molecule has 27 heavy (non-hydrogen) atoms. The van der Waals surface area contributed by atoms with E-state index in [2.05, 4.69) is 15.9 Å². The van der Waals surface area contributed by atoms with Crippen LogP contribution in [0, 0.1) is 0 Å². The van der Waals surface area contributed by atoms with Crippen LogP contribution in [0.25, 0.3) is 6.08 Å². The van der Waals surface area contributed by atoms with Crippen molar-refractivity contribution in [3.05, 3.63) is 58.5 Å². The van der Waals surface area contributed by atoms with Gasteiger partial charge in [-0.05, 0) is 54.8 Å². The fraction of sp³-hybridized carbons (Fsp3) is 0.278. The maximum atomic E-state index is 12.7. The minimum Gasteiger partial charge on any atom is -0.459 e. The molecule has 2 heterocycles. The minimum absolute atomic E-state index is 0.0688. The van der Waals surface area contributed by atoms with Crippen molar-refractivity contribution < 1.29 is 22.7 Å². The third-order valence-corrected chi connectivity index (χ3v) is 6.19. The smallest absolute Gasteiger partial charge is 0.283 e. The zero-order valence-corrected chi connectivity index (χ0v) is 16.8. The predicted molar refractivity (Wildman–Crippen MR) is 103 cm³/mol. The first-order chi connectivity index (χ1) is 12.9. The molecule has 1 saturated heterocycles. The molecule has 2 aromatic rings. The number of carbonyl (C=O) groups excluding carboxylic acids is 1. The van der Waals surface area contributed by atoms with Gasteiger partial charge >= 0.3 is 0 Å². The SMILES string of the molecule is NC(=O)C(=Cc1ccn(S(=O)(=O)c2ccc(Br)cc2)c1)OC1CCCCO1. The summed E-state index contributed by atoms with van der Waals surface area (Å²) in [5.41, 5.74) is 5.85. The lowest BCUT2D eigenvalue weighted by molar-refractivity contribution is -0.148. The summed E-state index contributed by atoms with van der Waals surface area (Å²) in [6.07, 6.45) is 6.25. The zero-order chi connectivity index (χ0) is 19.4. The molecule has 2 N–H and O–H groups in total. The third-order valence-electron chi connectivity index (χ3n) is 4.02. The van der Waals surface area contributed by atoms with Crippen LogP contribution in [0.2, 0.25) is 0 Å². The molecule has 1 unspecified atom stereocenters. The Bertz CT molecular complexity index is 944. The van der Waals surface area contributed by atoms with Crippen LogP contribution in [0.1, 0.15) is 24.8 Å². The molecule has 3 rings (SSSR count). The van der Waals surface area contributed by atoms with E-state index in [0.29, 0.717) is 18.6 Å². The number of primary amides is 1. The van der Waals surface area contributed by atoms with Gasteiger partial charge in [0, 0.05) is 23.3 Å². The van der Waals surface area contributed by atoms with Crippen LogP contribution in [-0.2, 0) is 24.3 Å². The summed E-state index contributed by atoms with van der Waals surface area (Å²) in [7, 11) is -3.73. The largest absolute Gasteiger partial charge is 0.459 e. The Morgan fingerprint density at radius 1 is 1.26 bits per heavy atom. The molecule has 0 bridgehead atoms. The summed E-state index contributed by atoms with van der Waals surface area (Å²) in [6.45, 7) is 0.568. The van der Waals surface area contributed by atoms with Gasteiger partial charge in [0.1, 0.15) is 0 Å². The van der Waals surface area contributed by atoms with E-state index in [1.807, 2.05) is 0 Å². The van der Waals surface area contributed by atoms with E-state index in [1.54, 1.807) is 18.2 Å². The van der Waals surface area contributed by atoms with E-state index in [-0.39, 0.29) is 10.7 Å². The van der Waals surface area contributed by atoms with E-state index in [1.165, 1.54) is 30.6 Å². The van der Waals surface area contributed by atoms with E-state index >= 15 is 0 Å². The number of halogens is 1. The number of hydrogen-bond donors (Lipinski definition) is 1. The second kappa shape index (κ2) is 8.28. The predicted octanol–water partition coefficient (Wildman–Crippen LogP) is 2.86. The van der Waals surface area contributed by atoms with Gasteiger partial charge in [-0.2, -0.15) is 0 Å². The van der Waals surface area contributed by atoms with Gasteiger partial charge in [0.25, 0.3) is 15.9 Å². The van der Waals surface area contributed by atoms with Gasteiger partial charge < -0.3 is 15.2 Å². The molecule has 144 valence electrons.